The predicted molar refractivity (Wildman–Crippen MR) is 69.4 cm³/mol. The van der Waals surface area contributed by atoms with Crippen LogP contribution in [0.4, 0.5) is 0 Å². The minimum absolute atomic E-state index is 0.338. The molecule has 2 atom stereocenters. The standard InChI is InChI=1S/C15H28O/c1-5-12(3)10-13(14(16)6-2)11-15(4)8-7-9-15/h12-13H,5-11H2,1-4H3. The monoisotopic (exact) mass is 224 g/mol. The molecule has 16 heavy (non-hydrogen) atoms. The van der Waals surface area contributed by atoms with Crippen molar-refractivity contribution in [2.45, 2.75) is 72.6 Å². The first kappa shape index (κ1) is 13.7. The summed E-state index contributed by atoms with van der Waals surface area (Å²) in [6.45, 7) is 8.88. The lowest BCUT2D eigenvalue weighted by Crippen LogP contribution is -2.31. The highest BCUT2D eigenvalue weighted by Crippen LogP contribution is 2.46. The molecule has 1 heteroatoms. The van der Waals surface area contributed by atoms with Crippen molar-refractivity contribution in [1.82, 2.24) is 0 Å². The van der Waals surface area contributed by atoms with Gasteiger partial charge >= 0.3 is 0 Å². The Morgan fingerprint density at radius 3 is 2.31 bits per heavy atom. The smallest absolute Gasteiger partial charge is 0.135 e. The van der Waals surface area contributed by atoms with Crippen LogP contribution < -0.4 is 0 Å². The van der Waals surface area contributed by atoms with E-state index in [-0.39, 0.29) is 0 Å². The highest BCUT2D eigenvalue weighted by molar-refractivity contribution is 5.80. The maximum absolute atomic E-state index is 12.0. The van der Waals surface area contributed by atoms with Gasteiger partial charge in [-0.1, -0.05) is 40.5 Å². The van der Waals surface area contributed by atoms with Crippen molar-refractivity contribution < 1.29 is 4.79 Å². The van der Waals surface area contributed by atoms with E-state index in [9.17, 15) is 4.79 Å². The van der Waals surface area contributed by atoms with Gasteiger partial charge in [-0.2, -0.15) is 0 Å². The SMILES string of the molecule is CCC(=O)C(CC(C)CC)CC1(C)CCC1. The van der Waals surface area contributed by atoms with E-state index < -0.39 is 0 Å². The van der Waals surface area contributed by atoms with E-state index in [0.29, 0.717) is 23.0 Å². The van der Waals surface area contributed by atoms with E-state index >= 15 is 0 Å². The van der Waals surface area contributed by atoms with Gasteiger partial charge in [0.1, 0.15) is 5.78 Å². The second kappa shape index (κ2) is 5.84. The Morgan fingerprint density at radius 2 is 1.94 bits per heavy atom. The Morgan fingerprint density at radius 1 is 1.31 bits per heavy atom. The summed E-state index contributed by atoms with van der Waals surface area (Å²) in [5.74, 6) is 1.53. The van der Waals surface area contributed by atoms with Crippen molar-refractivity contribution in [3.63, 3.8) is 0 Å². The first-order chi connectivity index (χ1) is 7.50. The largest absolute Gasteiger partial charge is 0.299 e. The summed E-state index contributed by atoms with van der Waals surface area (Å²) in [6, 6.07) is 0. The Kier molecular flexibility index (Phi) is 5.01. The van der Waals surface area contributed by atoms with Crippen LogP contribution in [0.3, 0.4) is 0 Å². The van der Waals surface area contributed by atoms with Crippen molar-refractivity contribution in [3.8, 4) is 0 Å². The number of ketones is 1. The summed E-state index contributed by atoms with van der Waals surface area (Å²) in [6.07, 6.45) is 8.21. The number of hydrogen-bond donors (Lipinski definition) is 0. The summed E-state index contributed by atoms with van der Waals surface area (Å²) in [4.78, 5) is 12.0. The minimum atomic E-state index is 0.338. The molecule has 0 aliphatic heterocycles. The van der Waals surface area contributed by atoms with Crippen LogP contribution in [-0.2, 0) is 4.79 Å². The average molecular weight is 224 g/mol. The van der Waals surface area contributed by atoms with Crippen LogP contribution in [0.15, 0.2) is 0 Å². The molecule has 1 nitrogen and oxygen atoms in total. The van der Waals surface area contributed by atoms with Gasteiger partial charge in [0.15, 0.2) is 0 Å². The van der Waals surface area contributed by atoms with Gasteiger partial charge in [0.2, 0.25) is 0 Å². The molecule has 0 radical (unpaired) electrons. The van der Waals surface area contributed by atoms with Gasteiger partial charge in [-0.05, 0) is 37.0 Å². The maximum atomic E-state index is 12.0. The van der Waals surface area contributed by atoms with Crippen molar-refractivity contribution in [2.24, 2.45) is 17.3 Å². The number of hydrogen-bond acceptors (Lipinski definition) is 1. The molecule has 0 N–H and O–H groups in total. The topological polar surface area (TPSA) is 17.1 Å². The van der Waals surface area contributed by atoms with E-state index in [4.69, 9.17) is 0 Å². The summed E-state index contributed by atoms with van der Waals surface area (Å²) < 4.78 is 0. The molecule has 0 aromatic heterocycles. The zero-order chi connectivity index (χ0) is 12.2. The van der Waals surface area contributed by atoms with Crippen molar-refractivity contribution in [1.29, 1.82) is 0 Å². The van der Waals surface area contributed by atoms with Crippen LogP contribution in [0.1, 0.15) is 72.6 Å². The highest BCUT2D eigenvalue weighted by atomic mass is 16.1. The molecule has 94 valence electrons. The molecule has 0 bridgehead atoms. The van der Waals surface area contributed by atoms with Gasteiger partial charge in [0.25, 0.3) is 0 Å². The lowest BCUT2D eigenvalue weighted by molar-refractivity contribution is -0.124. The predicted octanol–water partition coefficient (Wildman–Crippen LogP) is 4.60. The van der Waals surface area contributed by atoms with Crippen LogP contribution in [0.25, 0.3) is 0 Å². The van der Waals surface area contributed by atoms with Gasteiger partial charge in [-0.25, -0.2) is 0 Å². The van der Waals surface area contributed by atoms with Gasteiger partial charge in [-0.3, -0.25) is 4.79 Å². The molecule has 0 aromatic carbocycles. The highest BCUT2D eigenvalue weighted by Gasteiger charge is 2.36. The summed E-state index contributed by atoms with van der Waals surface area (Å²) >= 11 is 0. The molecule has 1 rings (SSSR count). The molecule has 1 aliphatic rings. The molecular formula is C15H28O. The lowest BCUT2D eigenvalue weighted by Gasteiger charge is -2.41. The Hall–Kier alpha value is -0.330. The van der Waals surface area contributed by atoms with Crippen LogP contribution in [0, 0.1) is 17.3 Å². The molecule has 1 fully saturated rings. The molecule has 1 aliphatic carbocycles. The zero-order valence-corrected chi connectivity index (χ0v) is 11.5. The lowest BCUT2D eigenvalue weighted by atomic mass is 9.64. The number of rotatable bonds is 7. The Bertz CT molecular complexity index is 228. The maximum Gasteiger partial charge on any atom is 0.135 e. The zero-order valence-electron chi connectivity index (χ0n) is 11.5. The molecule has 0 heterocycles. The fourth-order valence-corrected chi connectivity index (χ4v) is 2.85. The third kappa shape index (κ3) is 3.61. The minimum Gasteiger partial charge on any atom is -0.299 e. The molecule has 2 unspecified atom stereocenters. The van der Waals surface area contributed by atoms with Crippen LogP contribution >= 0.6 is 0 Å². The molecule has 0 amide bonds. The summed E-state index contributed by atoms with van der Waals surface area (Å²) in [5.41, 5.74) is 0.489. The quantitative estimate of drug-likeness (QED) is 0.617. The first-order valence-corrected chi connectivity index (χ1v) is 7.03. The van der Waals surface area contributed by atoms with Crippen molar-refractivity contribution >= 4 is 5.78 Å². The summed E-state index contributed by atoms with van der Waals surface area (Å²) in [5, 5.41) is 0. The van der Waals surface area contributed by atoms with E-state index in [0.717, 1.165) is 19.3 Å². The average Bonchev–Trinajstić information content (AvgIpc) is 2.24. The van der Waals surface area contributed by atoms with E-state index in [1.807, 2.05) is 6.92 Å². The number of Topliss-reactive ketones (excluding diaryl/α,β-unsaturated/α-hetero) is 1. The van der Waals surface area contributed by atoms with Crippen molar-refractivity contribution in [2.75, 3.05) is 0 Å². The molecule has 0 spiro atoms. The van der Waals surface area contributed by atoms with E-state index in [2.05, 4.69) is 20.8 Å². The van der Waals surface area contributed by atoms with E-state index in [1.54, 1.807) is 0 Å². The third-order valence-corrected chi connectivity index (χ3v) is 4.49. The van der Waals surface area contributed by atoms with Gasteiger partial charge in [0, 0.05) is 12.3 Å². The summed E-state index contributed by atoms with van der Waals surface area (Å²) in [7, 11) is 0. The molecular weight excluding hydrogens is 196 g/mol. The second-order valence-corrected chi connectivity index (χ2v) is 6.13. The molecule has 0 saturated heterocycles. The fraction of sp³-hybridized carbons (Fsp3) is 0.933. The van der Waals surface area contributed by atoms with Crippen LogP contribution in [0.5, 0.6) is 0 Å². The first-order valence-electron chi connectivity index (χ1n) is 7.03. The molecule has 1 saturated carbocycles. The van der Waals surface area contributed by atoms with Gasteiger partial charge in [0.05, 0.1) is 0 Å². The fourth-order valence-electron chi connectivity index (χ4n) is 2.85. The Labute approximate surface area is 101 Å². The van der Waals surface area contributed by atoms with E-state index in [1.165, 1.54) is 25.7 Å². The van der Waals surface area contributed by atoms with Gasteiger partial charge < -0.3 is 0 Å². The van der Waals surface area contributed by atoms with Crippen LogP contribution in [-0.4, -0.2) is 5.78 Å². The van der Waals surface area contributed by atoms with Gasteiger partial charge in [-0.15, -0.1) is 0 Å². The molecule has 0 aromatic rings. The normalized spacial score (nSPS) is 22.2. The Balaban J connectivity index is 2.53. The number of carbonyl (C=O) groups excluding carboxylic acids is 1. The van der Waals surface area contributed by atoms with Crippen LogP contribution in [0.2, 0.25) is 0 Å². The second-order valence-electron chi connectivity index (χ2n) is 6.13. The number of carbonyl (C=O) groups is 1. The van der Waals surface area contributed by atoms with Crippen molar-refractivity contribution in [3.05, 3.63) is 0 Å². The third-order valence-electron chi connectivity index (χ3n) is 4.49.